The van der Waals surface area contributed by atoms with Gasteiger partial charge in [0, 0.05) is 45.0 Å². The fourth-order valence-corrected chi connectivity index (χ4v) is 5.25. The number of methoxy groups -OCH3 is 3. The van der Waals surface area contributed by atoms with Gasteiger partial charge in [0.05, 0.1) is 27.1 Å². The minimum atomic E-state index is -3.39. The molecule has 1 aromatic heterocycles. The number of hydrogen-bond acceptors (Lipinski definition) is 8. The van der Waals surface area contributed by atoms with Crippen LogP contribution in [0, 0.1) is 0 Å². The lowest BCUT2D eigenvalue weighted by atomic mass is 10.1. The summed E-state index contributed by atoms with van der Waals surface area (Å²) in [5, 5.41) is 2.72. The summed E-state index contributed by atoms with van der Waals surface area (Å²) in [6.45, 7) is 2.29. The van der Waals surface area contributed by atoms with Gasteiger partial charge in [-0.15, -0.1) is 0 Å². The standard InChI is InChI=1S/C24H32N4O6S/c1-32-20-17-19(18-21(33-2)24(20)34-3)8-9-23(29)26-11-6-16-35(30,31)28-14-12-27(13-15-28)22-7-4-5-10-25-22/h4-5,7-10,17-18H,6,11-16H2,1-3H3,(H,26,29)/b9-8+. The number of sulfonamides is 1. The smallest absolute Gasteiger partial charge is 0.243 e. The first kappa shape index (κ1) is 26.3. The second-order valence-electron chi connectivity index (χ2n) is 7.83. The zero-order valence-corrected chi connectivity index (χ0v) is 21.1. The molecule has 1 aliphatic rings. The first-order valence-corrected chi connectivity index (χ1v) is 12.9. The Kier molecular flexibility index (Phi) is 9.32. The van der Waals surface area contributed by atoms with E-state index in [1.807, 2.05) is 18.2 Å². The first-order valence-electron chi connectivity index (χ1n) is 11.3. The number of amides is 1. The Morgan fingerprint density at radius 3 is 2.31 bits per heavy atom. The fourth-order valence-electron chi connectivity index (χ4n) is 3.76. The van der Waals surface area contributed by atoms with E-state index >= 15 is 0 Å². The Hall–Kier alpha value is -3.31. The van der Waals surface area contributed by atoms with E-state index in [-0.39, 0.29) is 18.2 Å². The number of benzene rings is 1. The quantitative estimate of drug-likeness (QED) is 0.364. The molecule has 1 aromatic carbocycles. The number of pyridine rings is 1. The van der Waals surface area contributed by atoms with E-state index in [9.17, 15) is 13.2 Å². The average Bonchev–Trinajstić information content (AvgIpc) is 2.89. The van der Waals surface area contributed by atoms with Gasteiger partial charge >= 0.3 is 0 Å². The topological polar surface area (TPSA) is 110 Å². The lowest BCUT2D eigenvalue weighted by molar-refractivity contribution is -0.116. The number of aromatic nitrogens is 1. The maximum absolute atomic E-state index is 12.7. The highest BCUT2D eigenvalue weighted by Gasteiger charge is 2.26. The number of carbonyl (C=O) groups is 1. The van der Waals surface area contributed by atoms with Gasteiger partial charge in [0.15, 0.2) is 11.5 Å². The summed E-state index contributed by atoms with van der Waals surface area (Å²) >= 11 is 0. The van der Waals surface area contributed by atoms with E-state index in [0.717, 1.165) is 5.82 Å². The molecule has 1 N–H and O–H groups in total. The van der Waals surface area contributed by atoms with Gasteiger partial charge in [-0.3, -0.25) is 4.79 Å². The summed E-state index contributed by atoms with van der Waals surface area (Å²) in [4.78, 5) is 18.6. The summed E-state index contributed by atoms with van der Waals surface area (Å²) in [5.74, 6) is 1.95. The van der Waals surface area contributed by atoms with Crippen LogP contribution in [0.4, 0.5) is 5.82 Å². The van der Waals surface area contributed by atoms with Gasteiger partial charge in [-0.1, -0.05) is 6.07 Å². The van der Waals surface area contributed by atoms with Crippen LogP contribution in [0.5, 0.6) is 17.2 Å². The van der Waals surface area contributed by atoms with E-state index < -0.39 is 10.0 Å². The molecule has 0 radical (unpaired) electrons. The summed E-state index contributed by atoms with van der Waals surface area (Å²) in [6.07, 6.45) is 5.06. The fraction of sp³-hybridized carbons (Fsp3) is 0.417. The van der Waals surface area contributed by atoms with Crippen LogP contribution in [0.15, 0.2) is 42.6 Å². The second-order valence-corrected chi connectivity index (χ2v) is 9.92. The third-order valence-electron chi connectivity index (χ3n) is 5.60. The molecule has 1 saturated heterocycles. The van der Waals surface area contributed by atoms with Crippen LogP contribution < -0.4 is 24.4 Å². The molecule has 0 bridgehead atoms. The highest BCUT2D eigenvalue weighted by molar-refractivity contribution is 7.89. The van der Waals surface area contributed by atoms with Gasteiger partial charge in [0.25, 0.3) is 0 Å². The van der Waals surface area contributed by atoms with Crippen molar-refractivity contribution in [2.75, 3.05) is 64.7 Å². The summed E-state index contributed by atoms with van der Waals surface area (Å²) in [6, 6.07) is 9.14. The number of carbonyl (C=O) groups excluding carboxylic acids is 1. The van der Waals surface area contributed by atoms with Crippen LogP contribution in [0.1, 0.15) is 12.0 Å². The minimum Gasteiger partial charge on any atom is -0.493 e. The van der Waals surface area contributed by atoms with Crippen molar-refractivity contribution in [3.05, 3.63) is 48.2 Å². The molecular weight excluding hydrogens is 472 g/mol. The van der Waals surface area contributed by atoms with Crippen LogP contribution in [0.3, 0.4) is 0 Å². The number of rotatable bonds is 11. The molecule has 190 valence electrons. The molecule has 1 fully saturated rings. The lowest BCUT2D eigenvalue weighted by Crippen LogP contribution is -2.49. The Balaban J connectivity index is 1.44. The average molecular weight is 505 g/mol. The zero-order chi connectivity index (χ0) is 25.3. The lowest BCUT2D eigenvalue weighted by Gasteiger charge is -2.34. The highest BCUT2D eigenvalue weighted by Crippen LogP contribution is 2.38. The van der Waals surface area contributed by atoms with Gasteiger partial charge < -0.3 is 24.4 Å². The molecule has 11 heteroatoms. The molecule has 0 unspecified atom stereocenters. The Labute approximate surface area is 206 Å². The van der Waals surface area contributed by atoms with Crippen LogP contribution >= 0.6 is 0 Å². The molecular formula is C24H32N4O6S. The van der Waals surface area contributed by atoms with Gasteiger partial charge in [-0.2, -0.15) is 4.31 Å². The normalized spacial score (nSPS) is 14.7. The van der Waals surface area contributed by atoms with Crippen molar-refractivity contribution in [2.45, 2.75) is 6.42 Å². The molecule has 35 heavy (non-hydrogen) atoms. The molecule has 0 aliphatic carbocycles. The zero-order valence-electron chi connectivity index (χ0n) is 20.3. The van der Waals surface area contributed by atoms with Crippen molar-refractivity contribution in [1.82, 2.24) is 14.6 Å². The van der Waals surface area contributed by atoms with Gasteiger partial charge in [0.1, 0.15) is 5.82 Å². The second kappa shape index (κ2) is 12.4. The van der Waals surface area contributed by atoms with Crippen molar-refractivity contribution < 1.29 is 27.4 Å². The van der Waals surface area contributed by atoms with Crippen molar-refractivity contribution in [3.8, 4) is 17.2 Å². The van der Waals surface area contributed by atoms with Crippen molar-refractivity contribution in [1.29, 1.82) is 0 Å². The van der Waals surface area contributed by atoms with E-state index in [4.69, 9.17) is 14.2 Å². The third kappa shape index (κ3) is 7.09. The molecule has 0 spiro atoms. The number of ether oxygens (including phenoxy) is 3. The number of nitrogens with zero attached hydrogens (tertiary/aromatic N) is 3. The van der Waals surface area contributed by atoms with Gasteiger partial charge in [-0.25, -0.2) is 13.4 Å². The predicted octanol–water partition coefficient (Wildman–Crippen LogP) is 1.78. The number of anilines is 1. The molecule has 2 aromatic rings. The Morgan fingerprint density at radius 2 is 1.74 bits per heavy atom. The summed E-state index contributed by atoms with van der Waals surface area (Å²) in [7, 11) is 1.17. The molecule has 1 amide bonds. The molecule has 0 saturated carbocycles. The van der Waals surface area contributed by atoms with Crippen molar-refractivity contribution in [3.63, 3.8) is 0 Å². The van der Waals surface area contributed by atoms with E-state index in [0.29, 0.717) is 55.4 Å². The minimum absolute atomic E-state index is 0.0204. The predicted molar refractivity (Wildman–Crippen MR) is 135 cm³/mol. The first-order chi connectivity index (χ1) is 16.9. The number of hydrogen-bond donors (Lipinski definition) is 1. The molecule has 3 rings (SSSR count). The molecule has 2 heterocycles. The van der Waals surface area contributed by atoms with Crippen LogP contribution in [-0.2, 0) is 14.8 Å². The Bertz CT molecular complexity index is 1090. The number of piperazine rings is 1. The maximum atomic E-state index is 12.7. The third-order valence-corrected chi connectivity index (χ3v) is 7.55. The monoisotopic (exact) mass is 504 g/mol. The summed E-state index contributed by atoms with van der Waals surface area (Å²) in [5.41, 5.74) is 0.696. The van der Waals surface area contributed by atoms with Crippen molar-refractivity contribution >= 4 is 27.8 Å². The Morgan fingerprint density at radius 1 is 1.06 bits per heavy atom. The molecule has 0 atom stereocenters. The van der Waals surface area contributed by atoms with Gasteiger partial charge in [-0.05, 0) is 42.3 Å². The number of nitrogens with one attached hydrogen (secondary N) is 1. The van der Waals surface area contributed by atoms with Crippen LogP contribution in [0.25, 0.3) is 6.08 Å². The van der Waals surface area contributed by atoms with E-state index in [1.165, 1.54) is 31.7 Å². The van der Waals surface area contributed by atoms with Crippen LogP contribution in [0.2, 0.25) is 0 Å². The molecule has 1 aliphatic heterocycles. The highest BCUT2D eigenvalue weighted by atomic mass is 32.2. The SMILES string of the molecule is COc1cc(/C=C/C(=O)NCCCS(=O)(=O)N2CCN(c3ccccn3)CC2)cc(OC)c1OC. The van der Waals surface area contributed by atoms with Gasteiger partial charge in [0.2, 0.25) is 21.7 Å². The van der Waals surface area contributed by atoms with Crippen LogP contribution in [-0.4, -0.2) is 83.4 Å². The van der Waals surface area contributed by atoms with E-state index in [1.54, 1.807) is 24.4 Å². The molecule has 10 nitrogen and oxygen atoms in total. The summed E-state index contributed by atoms with van der Waals surface area (Å²) < 4.78 is 42.8. The van der Waals surface area contributed by atoms with E-state index in [2.05, 4.69) is 15.2 Å². The maximum Gasteiger partial charge on any atom is 0.243 e. The largest absolute Gasteiger partial charge is 0.493 e. The van der Waals surface area contributed by atoms with Crippen molar-refractivity contribution in [2.24, 2.45) is 0 Å².